The molecule has 1 unspecified atom stereocenters. The van der Waals surface area contributed by atoms with Gasteiger partial charge >= 0.3 is 5.97 Å². The number of hydrogen-bond acceptors (Lipinski definition) is 3. The molecule has 19 heavy (non-hydrogen) atoms. The molecular weight excluding hydrogens is 240 g/mol. The van der Waals surface area contributed by atoms with Gasteiger partial charge in [-0.25, -0.2) is 4.79 Å². The highest BCUT2D eigenvalue weighted by molar-refractivity contribution is 5.81. The molecule has 1 aliphatic heterocycles. The van der Waals surface area contributed by atoms with Crippen LogP contribution in [0.25, 0.3) is 6.08 Å². The van der Waals surface area contributed by atoms with Gasteiger partial charge in [-0.2, -0.15) is 0 Å². The molecule has 0 fully saturated rings. The van der Waals surface area contributed by atoms with Crippen molar-refractivity contribution in [2.75, 3.05) is 0 Å². The van der Waals surface area contributed by atoms with Crippen LogP contribution in [0.1, 0.15) is 5.56 Å². The average molecular weight is 254 g/mol. The Kier molecular flexibility index (Phi) is 4.34. The Morgan fingerprint density at radius 1 is 1.32 bits per heavy atom. The van der Waals surface area contributed by atoms with Gasteiger partial charge in [-0.3, -0.25) is 0 Å². The third kappa shape index (κ3) is 3.71. The Labute approximate surface area is 112 Å². The molecule has 0 amide bonds. The molecule has 0 radical (unpaired) electrons. The Bertz CT molecular complexity index is 538. The van der Waals surface area contributed by atoms with Gasteiger partial charge in [0.15, 0.2) is 0 Å². The third-order valence-corrected chi connectivity index (χ3v) is 2.50. The maximum absolute atomic E-state index is 11.1. The largest absolute Gasteiger partial charge is 0.458 e. The Morgan fingerprint density at radius 3 is 2.84 bits per heavy atom. The minimum atomic E-state index is -0.689. The van der Waals surface area contributed by atoms with E-state index in [-0.39, 0.29) is 0 Å². The van der Waals surface area contributed by atoms with E-state index in [1.54, 1.807) is 6.08 Å². The smallest absolute Gasteiger partial charge is 0.333 e. The minimum Gasteiger partial charge on any atom is -0.458 e. The van der Waals surface area contributed by atoms with Crippen LogP contribution in [0.3, 0.4) is 0 Å². The first kappa shape index (κ1) is 12.9. The number of allylic oxidation sites excluding steroid dienone is 2. The van der Waals surface area contributed by atoms with Crippen molar-refractivity contribution in [3.8, 4) is 0 Å². The first-order valence-electron chi connectivity index (χ1n) is 5.88. The molecule has 2 rings (SSSR count). The van der Waals surface area contributed by atoms with Crippen molar-refractivity contribution in [1.29, 1.82) is 0 Å². The molecule has 1 aromatic rings. The summed E-state index contributed by atoms with van der Waals surface area (Å²) in [5.41, 5.74) is 1.88. The average Bonchev–Trinajstić information content (AvgIpc) is 2.87. The number of benzene rings is 1. The van der Waals surface area contributed by atoms with Crippen molar-refractivity contribution in [2.45, 2.75) is 6.29 Å². The van der Waals surface area contributed by atoms with Crippen LogP contribution in [0, 0.1) is 0 Å². The molecule has 0 N–H and O–H groups in total. The predicted octanol–water partition coefficient (Wildman–Crippen LogP) is 3.23. The normalized spacial score (nSPS) is 19.6. The van der Waals surface area contributed by atoms with Crippen LogP contribution in [-0.2, 0) is 14.3 Å². The fourth-order valence-electron chi connectivity index (χ4n) is 1.56. The monoisotopic (exact) mass is 254 g/mol. The first-order valence-corrected chi connectivity index (χ1v) is 5.88. The summed E-state index contributed by atoms with van der Waals surface area (Å²) in [7, 11) is 0. The van der Waals surface area contributed by atoms with Gasteiger partial charge in [0.2, 0.25) is 0 Å². The summed E-state index contributed by atoms with van der Waals surface area (Å²) in [6.07, 6.45) is 9.38. The van der Waals surface area contributed by atoms with E-state index in [0.29, 0.717) is 0 Å². The fraction of sp³-hybridized carbons (Fsp3) is 0.0625. The molecule has 3 heteroatoms. The molecule has 0 saturated carbocycles. The summed E-state index contributed by atoms with van der Waals surface area (Å²) >= 11 is 0. The van der Waals surface area contributed by atoms with E-state index < -0.39 is 12.3 Å². The van der Waals surface area contributed by atoms with Gasteiger partial charge in [-0.1, -0.05) is 55.1 Å². The van der Waals surface area contributed by atoms with Gasteiger partial charge in [-0.15, -0.1) is 0 Å². The van der Waals surface area contributed by atoms with E-state index in [0.717, 1.165) is 17.2 Å². The second kappa shape index (κ2) is 6.40. The van der Waals surface area contributed by atoms with E-state index in [9.17, 15) is 4.79 Å². The molecular formula is C16H14O3. The molecule has 3 nitrogen and oxygen atoms in total. The van der Waals surface area contributed by atoms with Crippen molar-refractivity contribution in [2.24, 2.45) is 0 Å². The van der Waals surface area contributed by atoms with E-state index >= 15 is 0 Å². The molecule has 0 spiro atoms. The highest BCUT2D eigenvalue weighted by Gasteiger charge is 2.20. The standard InChI is InChI=1S/C16H14O3/c1-2-15(17)19-16-14(11-12-18-16)10-6-9-13-7-4-3-5-8-13/h2-12,16H,1H2. The number of carbonyl (C=O) groups excluding carboxylic acids is 1. The maximum Gasteiger partial charge on any atom is 0.333 e. The highest BCUT2D eigenvalue weighted by atomic mass is 16.7. The zero-order valence-electron chi connectivity index (χ0n) is 10.4. The first-order chi connectivity index (χ1) is 9.29. The van der Waals surface area contributed by atoms with E-state index in [4.69, 9.17) is 9.47 Å². The van der Waals surface area contributed by atoms with Crippen LogP contribution >= 0.6 is 0 Å². The molecule has 0 saturated heterocycles. The number of rotatable bonds is 4. The SMILES string of the molecule is C=CC(=O)OC1OC=CC1=CC=Cc1ccccc1. The van der Waals surface area contributed by atoms with Crippen molar-refractivity contribution >= 4 is 12.0 Å². The second-order valence-electron chi connectivity index (χ2n) is 3.85. The number of ether oxygens (including phenoxy) is 2. The molecule has 96 valence electrons. The van der Waals surface area contributed by atoms with Crippen molar-refractivity contribution in [3.63, 3.8) is 0 Å². The van der Waals surface area contributed by atoms with Gasteiger partial charge in [0.25, 0.3) is 6.29 Å². The Balaban J connectivity index is 2.01. The maximum atomic E-state index is 11.1. The minimum absolute atomic E-state index is 0.508. The third-order valence-electron chi connectivity index (χ3n) is 2.50. The molecule has 1 atom stereocenters. The zero-order valence-corrected chi connectivity index (χ0v) is 10.4. The molecule has 0 aliphatic carbocycles. The number of hydrogen-bond donors (Lipinski definition) is 0. The highest BCUT2D eigenvalue weighted by Crippen LogP contribution is 2.18. The Hall–Kier alpha value is -2.55. The van der Waals surface area contributed by atoms with Gasteiger partial charge in [0.05, 0.1) is 6.26 Å². The van der Waals surface area contributed by atoms with Gasteiger partial charge in [-0.05, 0) is 11.6 Å². The summed E-state index contributed by atoms with van der Waals surface area (Å²) in [4.78, 5) is 11.1. The quantitative estimate of drug-likeness (QED) is 0.611. The van der Waals surface area contributed by atoms with Gasteiger partial charge in [0.1, 0.15) is 0 Å². The molecule has 0 bridgehead atoms. The summed E-state index contributed by atoms with van der Waals surface area (Å²) < 4.78 is 10.2. The molecule has 1 heterocycles. The lowest BCUT2D eigenvalue weighted by atomic mass is 10.2. The van der Waals surface area contributed by atoms with Crippen molar-refractivity contribution in [3.05, 3.63) is 78.6 Å². The van der Waals surface area contributed by atoms with Gasteiger partial charge in [0, 0.05) is 11.6 Å². The number of carbonyl (C=O) groups is 1. The van der Waals surface area contributed by atoms with Crippen LogP contribution in [0.5, 0.6) is 0 Å². The van der Waals surface area contributed by atoms with E-state index in [1.165, 1.54) is 6.26 Å². The number of esters is 1. The predicted molar refractivity (Wildman–Crippen MR) is 73.9 cm³/mol. The van der Waals surface area contributed by atoms with Gasteiger partial charge < -0.3 is 9.47 Å². The second-order valence-corrected chi connectivity index (χ2v) is 3.85. The summed E-state index contributed by atoms with van der Waals surface area (Å²) in [6.45, 7) is 3.35. The van der Waals surface area contributed by atoms with Crippen molar-refractivity contribution < 1.29 is 14.3 Å². The summed E-state index contributed by atoms with van der Waals surface area (Å²) in [5, 5.41) is 0. The molecule has 1 aliphatic rings. The summed E-state index contributed by atoms with van der Waals surface area (Å²) in [5.74, 6) is -0.508. The lowest BCUT2D eigenvalue weighted by Gasteiger charge is -2.11. The van der Waals surface area contributed by atoms with Crippen molar-refractivity contribution in [1.82, 2.24) is 0 Å². The topological polar surface area (TPSA) is 35.5 Å². The fourth-order valence-corrected chi connectivity index (χ4v) is 1.56. The molecule has 0 aromatic heterocycles. The van der Waals surface area contributed by atoms with Crippen LogP contribution in [0.2, 0.25) is 0 Å². The van der Waals surface area contributed by atoms with E-state index in [2.05, 4.69) is 6.58 Å². The van der Waals surface area contributed by atoms with E-state index in [1.807, 2.05) is 48.6 Å². The van der Waals surface area contributed by atoms with Crippen LogP contribution < -0.4 is 0 Å². The van der Waals surface area contributed by atoms with Crippen LogP contribution in [0.4, 0.5) is 0 Å². The zero-order chi connectivity index (χ0) is 13.5. The summed E-state index contributed by atoms with van der Waals surface area (Å²) in [6, 6.07) is 9.92. The Morgan fingerprint density at radius 2 is 2.11 bits per heavy atom. The van der Waals surface area contributed by atoms with Crippen LogP contribution in [-0.4, -0.2) is 12.3 Å². The lowest BCUT2D eigenvalue weighted by Crippen LogP contribution is -2.16. The molecule has 1 aromatic carbocycles. The lowest BCUT2D eigenvalue weighted by molar-refractivity contribution is -0.155. The van der Waals surface area contributed by atoms with Crippen LogP contribution in [0.15, 0.2) is 73.1 Å².